The van der Waals surface area contributed by atoms with Crippen LogP contribution in [0.15, 0.2) is 78.9 Å². The van der Waals surface area contributed by atoms with Crippen molar-refractivity contribution in [1.29, 1.82) is 0 Å². The van der Waals surface area contributed by atoms with Crippen LogP contribution in [0.25, 0.3) is 21.5 Å². The van der Waals surface area contributed by atoms with E-state index in [1.807, 2.05) is 58.3 Å². The van der Waals surface area contributed by atoms with E-state index >= 15 is 0 Å². The van der Waals surface area contributed by atoms with Gasteiger partial charge in [0.05, 0.1) is 12.7 Å². The molecule has 6 heteroatoms. The van der Waals surface area contributed by atoms with E-state index in [0.29, 0.717) is 11.6 Å². The molecule has 0 aliphatic carbocycles. The average Bonchev–Trinajstić information content (AvgIpc) is 2.99. The average molecular weight is 508 g/mol. The molecule has 2 aliphatic heterocycles. The lowest BCUT2D eigenvalue weighted by molar-refractivity contribution is 0.0414. The maximum Gasteiger partial charge on any atom is 0.255 e. The van der Waals surface area contributed by atoms with Crippen LogP contribution in [0.3, 0.4) is 0 Å². The zero-order valence-electron chi connectivity index (χ0n) is 21.8. The Hall–Kier alpha value is -3.90. The predicted octanol–water partition coefficient (Wildman–Crippen LogP) is 5.06. The zero-order valence-corrected chi connectivity index (χ0v) is 21.8. The fourth-order valence-electron chi connectivity index (χ4n) is 6.04. The molecule has 2 aliphatic rings. The van der Waals surface area contributed by atoms with Crippen LogP contribution in [-0.2, 0) is 0 Å². The summed E-state index contributed by atoms with van der Waals surface area (Å²) in [6.07, 6.45) is 1.92. The molecule has 2 fully saturated rings. The molecule has 2 amide bonds. The molecule has 0 radical (unpaired) electrons. The van der Waals surface area contributed by atoms with E-state index in [-0.39, 0.29) is 11.8 Å². The van der Waals surface area contributed by atoms with Crippen LogP contribution in [0.5, 0.6) is 5.75 Å². The third-order valence-corrected chi connectivity index (χ3v) is 8.19. The normalized spacial score (nSPS) is 17.2. The number of ether oxygens (including phenoxy) is 1. The second-order valence-corrected chi connectivity index (χ2v) is 10.3. The highest BCUT2D eigenvalue weighted by atomic mass is 16.5. The summed E-state index contributed by atoms with van der Waals surface area (Å²) in [4.78, 5) is 33.3. The van der Waals surface area contributed by atoms with Crippen LogP contribution in [0.2, 0.25) is 0 Å². The van der Waals surface area contributed by atoms with E-state index < -0.39 is 0 Å². The number of carbonyl (C=O) groups excluding carboxylic acids is 2. The van der Waals surface area contributed by atoms with Crippen LogP contribution in [0, 0.1) is 0 Å². The van der Waals surface area contributed by atoms with Crippen LogP contribution >= 0.6 is 0 Å². The summed E-state index contributed by atoms with van der Waals surface area (Å²) in [7, 11) is 1.63. The summed E-state index contributed by atoms with van der Waals surface area (Å²) in [5.74, 6) is 0.966. The van der Waals surface area contributed by atoms with Gasteiger partial charge in [-0.15, -0.1) is 0 Å². The molecule has 6 nitrogen and oxygen atoms in total. The number of piperazine rings is 1. The topological polar surface area (TPSA) is 53.1 Å². The van der Waals surface area contributed by atoms with Gasteiger partial charge in [-0.05, 0) is 64.7 Å². The van der Waals surface area contributed by atoms with E-state index in [2.05, 4.69) is 35.2 Å². The molecule has 0 spiro atoms. The number of nitrogens with zero attached hydrogens (tertiary/aromatic N) is 3. The number of carbonyl (C=O) groups is 2. The van der Waals surface area contributed by atoms with E-state index in [4.69, 9.17) is 4.74 Å². The van der Waals surface area contributed by atoms with Gasteiger partial charge in [0.1, 0.15) is 5.75 Å². The van der Waals surface area contributed by atoms with Crippen molar-refractivity contribution in [3.8, 4) is 5.75 Å². The van der Waals surface area contributed by atoms with Crippen molar-refractivity contribution >= 4 is 33.4 Å². The Balaban J connectivity index is 1.09. The Morgan fingerprint density at radius 2 is 1.24 bits per heavy atom. The lowest BCUT2D eigenvalue weighted by atomic mass is 9.95. The molecule has 0 saturated carbocycles. The molecule has 2 heterocycles. The van der Waals surface area contributed by atoms with Gasteiger partial charge in [-0.3, -0.25) is 14.5 Å². The minimum absolute atomic E-state index is 0.0869. The van der Waals surface area contributed by atoms with Gasteiger partial charge in [-0.25, -0.2) is 0 Å². The van der Waals surface area contributed by atoms with Crippen LogP contribution in [0.4, 0.5) is 0 Å². The Labute approximate surface area is 223 Å². The standard InChI is InChI=1S/C32H33N3O3/c1-38-27-12-10-23(11-13-27)31(36)34-16-14-26(15-17-34)33-18-20-35(21-19-33)32(37)30-28-8-4-2-6-24(28)22-25-7-3-5-9-29(25)30/h2-13,22,26H,14-21H2,1H3. The quantitative estimate of drug-likeness (QED) is 0.362. The monoisotopic (exact) mass is 507 g/mol. The number of methoxy groups -OCH3 is 1. The lowest BCUT2D eigenvalue weighted by Gasteiger charge is -2.43. The maximum absolute atomic E-state index is 13.9. The number of fused-ring (bicyclic) bond motifs is 2. The Bertz CT molecular complexity index is 1410. The third-order valence-electron chi connectivity index (χ3n) is 8.19. The Morgan fingerprint density at radius 3 is 1.82 bits per heavy atom. The van der Waals surface area contributed by atoms with Gasteiger partial charge in [-0.2, -0.15) is 0 Å². The van der Waals surface area contributed by atoms with Gasteiger partial charge in [0.15, 0.2) is 0 Å². The molecule has 0 N–H and O–H groups in total. The van der Waals surface area contributed by atoms with Gasteiger partial charge in [0.2, 0.25) is 0 Å². The summed E-state index contributed by atoms with van der Waals surface area (Å²) >= 11 is 0. The summed E-state index contributed by atoms with van der Waals surface area (Å²) in [5.41, 5.74) is 1.52. The number of hydrogen-bond acceptors (Lipinski definition) is 4. The van der Waals surface area contributed by atoms with Gasteiger partial charge < -0.3 is 14.5 Å². The minimum atomic E-state index is 0.0869. The van der Waals surface area contributed by atoms with Gasteiger partial charge in [0.25, 0.3) is 11.8 Å². The number of benzene rings is 4. The third kappa shape index (κ3) is 4.61. The van der Waals surface area contributed by atoms with Crippen molar-refractivity contribution in [3.05, 3.63) is 90.0 Å². The SMILES string of the molecule is COc1ccc(C(=O)N2CCC(N3CCN(C(=O)c4c5ccccc5cc5ccccc45)CC3)CC2)cc1. The van der Waals surface area contributed by atoms with Crippen LogP contribution < -0.4 is 4.74 Å². The van der Waals surface area contributed by atoms with Gasteiger partial charge in [-0.1, -0.05) is 48.5 Å². The molecule has 2 saturated heterocycles. The Kier molecular flexibility index (Phi) is 6.73. The molecule has 4 aromatic rings. The van der Waals surface area contributed by atoms with Crippen LogP contribution in [0.1, 0.15) is 33.6 Å². The first kappa shape index (κ1) is 24.4. The molecule has 0 aromatic heterocycles. The molecule has 38 heavy (non-hydrogen) atoms. The Morgan fingerprint density at radius 1 is 0.684 bits per heavy atom. The molecule has 194 valence electrons. The molecular formula is C32H33N3O3. The minimum Gasteiger partial charge on any atom is -0.497 e. The predicted molar refractivity (Wildman–Crippen MR) is 151 cm³/mol. The van der Waals surface area contributed by atoms with E-state index in [1.54, 1.807) is 7.11 Å². The molecule has 0 unspecified atom stereocenters. The fourth-order valence-corrected chi connectivity index (χ4v) is 6.04. The smallest absolute Gasteiger partial charge is 0.255 e. The highest BCUT2D eigenvalue weighted by molar-refractivity contribution is 6.18. The van der Waals surface area contributed by atoms with Crippen molar-refractivity contribution in [2.24, 2.45) is 0 Å². The molecule has 0 bridgehead atoms. The van der Waals surface area contributed by atoms with Crippen molar-refractivity contribution in [1.82, 2.24) is 14.7 Å². The molecular weight excluding hydrogens is 474 g/mol. The first-order chi connectivity index (χ1) is 18.6. The van der Waals surface area contributed by atoms with E-state index in [9.17, 15) is 9.59 Å². The zero-order chi connectivity index (χ0) is 26.1. The first-order valence-electron chi connectivity index (χ1n) is 13.5. The summed E-state index contributed by atoms with van der Waals surface area (Å²) < 4.78 is 5.21. The van der Waals surface area contributed by atoms with Gasteiger partial charge in [0, 0.05) is 50.9 Å². The second kappa shape index (κ2) is 10.5. The highest BCUT2D eigenvalue weighted by Crippen LogP contribution is 2.30. The van der Waals surface area contributed by atoms with E-state index in [1.165, 1.54) is 0 Å². The number of piperidine rings is 1. The number of amides is 2. The maximum atomic E-state index is 13.9. The van der Waals surface area contributed by atoms with Crippen LogP contribution in [-0.4, -0.2) is 78.9 Å². The van der Waals surface area contributed by atoms with Crippen molar-refractivity contribution in [2.45, 2.75) is 18.9 Å². The second-order valence-electron chi connectivity index (χ2n) is 10.3. The lowest BCUT2D eigenvalue weighted by Crippen LogP contribution is -2.54. The van der Waals surface area contributed by atoms with Crippen molar-refractivity contribution < 1.29 is 14.3 Å². The molecule has 0 atom stereocenters. The molecule has 4 aromatic carbocycles. The summed E-state index contributed by atoms with van der Waals surface area (Å²) in [5, 5.41) is 4.24. The van der Waals surface area contributed by atoms with Gasteiger partial charge >= 0.3 is 0 Å². The number of hydrogen-bond donors (Lipinski definition) is 0. The summed E-state index contributed by atoms with van der Waals surface area (Å²) in [6.45, 7) is 4.70. The number of likely N-dealkylation sites (tertiary alicyclic amines) is 1. The highest BCUT2D eigenvalue weighted by Gasteiger charge is 2.31. The molecule has 6 rings (SSSR count). The number of rotatable bonds is 4. The van der Waals surface area contributed by atoms with Crippen molar-refractivity contribution in [3.63, 3.8) is 0 Å². The summed E-state index contributed by atoms with van der Waals surface area (Å²) in [6, 6.07) is 26.3. The largest absolute Gasteiger partial charge is 0.497 e. The first-order valence-corrected chi connectivity index (χ1v) is 13.5. The fraction of sp³-hybridized carbons (Fsp3) is 0.312. The van der Waals surface area contributed by atoms with Crippen molar-refractivity contribution in [2.75, 3.05) is 46.4 Å². The van der Waals surface area contributed by atoms with E-state index in [0.717, 1.165) is 85.0 Å².